The zero-order chi connectivity index (χ0) is 12.9. The summed E-state index contributed by atoms with van der Waals surface area (Å²) in [6.07, 6.45) is -2.56. The number of piperazine rings is 1. The van der Waals surface area contributed by atoms with Gasteiger partial charge in [0, 0.05) is 31.4 Å². The van der Waals surface area contributed by atoms with Gasteiger partial charge in [0.15, 0.2) is 0 Å². The first-order valence-electron chi connectivity index (χ1n) is 5.68. The Bertz CT molecular complexity index is 477. The third kappa shape index (κ3) is 1.93. The molecule has 2 fully saturated rings. The van der Waals surface area contributed by atoms with Crippen molar-refractivity contribution >= 4 is 17.4 Å². The lowest BCUT2D eigenvalue weighted by molar-refractivity contribution is -0.137. The van der Waals surface area contributed by atoms with Crippen LogP contribution in [0.4, 0.5) is 19.0 Å². The van der Waals surface area contributed by atoms with Crippen LogP contribution in [0.15, 0.2) is 12.3 Å². The second-order valence-corrected chi connectivity index (χ2v) is 5.08. The molecule has 0 amide bonds. The van der Waals surface area contributed by atoms with Crippen molar-refractivity contribution in [2.24, 2.45) is 0 Å². The number of halogens is 4. The van der Waals surface area contributed by atoms with Crippen molar-refractivity contribution < 1.29 is 13.2 Å². The predicted molar refractivity (Wildman–Crippen MR) is 61.8 cm³/mol. The van der Waals surface area contributed by atoms with E-state index >= 15 is 0 Å². The maximum absolute atomic E-state index is 12.5. The van der Waals surface area contributed by atoms with Gasteiger partial charge in [0.05, 0.1) is 10.6 Å². The van der Waals surface area contributed by atoms with E-state index in [-0.39, 0.29) is 11.1 Å². The van der Waals surface area contributed by atoms with Gasteiger partial charge in [-0.05, 0) is 12.5 Å². The van der Waals surface area contributed by atoms with E-state index in [1.165, 1.54) is 0 Å². The molecule has 98 valence electrons. The zero-order valence-corrected chi connectivity index (χ0v) is 10.1. The van der Waals surface area contributed by atoms with Crippen molar-refractivity contribution in [3.8, 4) is 0 Å². The van der Waals surface area contributed by atoms with Crippen LogP contribution in [-0.2, 0) is 6.18 Å². The van der Waals surface area contributed by atoms with E-state index in [9.17, 15) is 13.2 Å². The summed E-state index contributed by atoms with van der Waals surface area (Å²) in [5, 5.41) is 3.39. The first-order chi connectivity index (χ1) is 8.45. The Kier molecular flexibility index (Phi) is 2.67. The summed E-state index contributed by atoms with van der Waals surface area (Å²) >= 11 is 5.93. The maximum Gasteiger partial charge on any atom is 0.417 e. The molecule has 3 heterocycles. The lowest BCUT2D eigenvalue weighted by Crippen LogP contribution is -2.44. The SMILES string of the molecule is FC(F)(F)c1cnc(N2CC3CC2CN3)c(Cl)c1. The Labute approximate surface area is 107 Å². The summed E-state index contributed by atoms with van der Waals surface area (Å²) in [6.45, 7) is 1.59. The molecule has 1 N–H and O–H groups in total. The highest BCUT2D eigenvalue weighted by molar-refractivity contribution is 6.33. The normalized spacial score (nSPS) is 27.0. The molecule has 2 unspecified atom stereocenters. The Morgan fingerprint density at radius 1 is 1.44 bits per heavy atom. The standard InChI is InChI=1S/C11H11ClF3N3/c12-9-1-6(11(13,14)15)3-17-10(9)18-5-7-2-8(18)4-16-7/h1,3,7-8,16H,2,4-5H2. The van der Waals surface area contributed by atoms with E-state index < -0.39 is 11.7 Å². The number of hydrogen-bond acceptors (Lipinski definition) is 3. The number of alkyl halides is 3. The fourth-order valence-electron chi connectivity index (χ4n) is 2.62. The number of pyridine rings is 1. The van der Waals surface area contributed by atoms with E-state index in [1.807, 2.05) is 4.90 Å². The Balaban J connectivity index is 1.90. The van der Waals surface area contributed by atoms with Gasteiger partial charge in [-0.3, -0.25) is 0 Å². The molecular formula is C11H11ClF3N3. The van der Waals surface area contributed by atoms with Crippen LogP contribution in [0.5, 0.6) is 0 Å². The molecule has 18 heavy (non-hydrogen) atoms. The van der Waals surface area contributed by atoms with Crippen LogP contribution in [-0.4, -0.2) is 30.2 Å². The Morgan fingerprint density at radius 3 is 2.72 bits per heavy atom. The number of rotatable bonds is 1. The van der Waals surface area contributed by atoms with Gasteiger partial charge >= 0.3 is 6.18 Å². The number of hydrogen-bond donors (Lipinski definition) is 1. The molecule has 1 aromatic heterocycles. The third-order valence-corrected chi connectivity index (χ3v) is 3.76. The van der Waals surface area contributed by atoms with Crippen molar-refractivity contribution in [2.75, 3.05) is 18.0 Å². The minimum Gasteiger partial charge on any atom is -0.349 e. The Hall–Kier alpha value is -1.01. The van der Waals surface area contributed by atoms with Gasteiger partial charge in [0.25, 0.3) is 0 Å². The van der Waals surface area contributed by atoms with E-state index in [0.29, 0.717) is 11.9 Å². The van der Waals surface area contributed by atoms with Gasteiger partial charge in [0.1, 0.15) is 5.82 Å². The zero-order valence-electron chi connectivity index (χ0n) is 9.34. The van der Waals surface area contributed by atoms with Gasteiger partial charge in [-0.2, -0.15) is 13.2 Å². The molecule has 0 aliphatic carbocycles. The van der Waals surface area contributed by atoms with Crippen molar-refractivity contribution in [1.82, 2.24) is 10.3 Å². The second kappa shape index (κ2) is 3.99. The smallest absolute Gasteiger partial charge is 0.349 e. The summed E-state index contributed by atoms with van der Waals surface area (Å²) < 4.78 is 37.5. The molecule has 3 rings (SSSR count). The number of anilines is 1. The highest BCUT2D eigenvalue weighted by atomic mass is 35.5. The van der Waals surface area contributed by atoms with E-state index in [2.05, 4.69) is 10.3 Å². The predicted octanol–water partition coefficient (Wildman–Crippen LogP) is 2.30. The number of fused-ring (bicyclic) bond motifs is 2. The van der Waals surface area contributed by atoms with Crippen LogP contribution < -0.4 is 10.2 Å². The topological polar surface area (TPSA) is 28.2 Å². The molecular weight excluding hydrogens is 267 g/mol. The van der Waals surface area contributed by atoms with Crippen LogP contribution >= 0.6 is 11.6 Å². The van der Waals surface area contributed by atoms with Gasteiger partial charge in [-0.25, -0.2) is 4.98 Å². The summed E-state index contributed by atoms with van der Waals surface area (Å²) in [4.78, 5) is 5.88. The molecule has 7 heteroatoms. The average molecular weight is 278 g/mol. The fourth-order valence-corrected chi connectivity index (χ4v) is 2.89. The summed E-state index contributed by atoms with van der Waals surface area (Å²) in [6, 6.07) is 1.63. The van der Waals surface area contributed by atoms with Crippen LogP contribution in [0, 0.1) is 0 Å². The lowest BCUT2D eigenvalue weighted by atomic mass is 10.2. The molecule has 0 radical (unpaired) electrons. The minimum atomic E-state index is -4.40. The summed E-state index contributed by atoms with van der Waals surface area (Å²) in [7, 11) is 0. The highest BCUT2D eigenvalue weighted by Gasteiger charge is 2.39. The molecule has 1 aromatic rings. The number of nitrogens with one attached hydrogen (secondary N) is 1. The third-order valence-electron chi connectivity index (χ3n) is 3.48. The molecule has 2 aliphatic heterocycles. The monoisotopic (exact) mass is 277 g/mol. The molecule has 2 saturated heterocycles. The van der Waals surface area contributed by atoms with Gasteiger partial charge in [-0.1, -0.05) is 11.6 Å². The summed E-state index contributed by atoms with van der Waals surface area (Å²) in [5.41, 5.74) is -0.807. The molecule has 0 saturated carbocycles. The van der Waals surface area contributed by atoms with Gasteiger partial charge < -0.3 is 10.2 Å². The molecule has 2 bridgehead atoms. The van der Waals surface area contributed by atoms with Crippen molar-refractivity contribution in [1.29, 1.82) is 0 Å². The number of aromatic nitrogens is 1. The van der Waals surface area contributed by atoms with E-state index in [1.54, 1.807) is 0 Å². The second-order valence-electron chi connectivity index (χ2n) is 4.67. The van der Waals surface area contributed by atoms with Crippen molar-refractivity contribution in [3.05, 3.63) is 22.8 Å². The lowest BCUT2D eigenvalue weighted by Gasteiger charge is -2.29. The average Bonchev–Trinajstić information content (AvgIpc) is 2.89. The molecule has 0 aromatic carbocycles. The Morgan fingerprint density at radius 2 is 2.22 bits per heavy atom. The molecule has 2 aliphatic rings. The largest absolute Gasteiger partial charge is 0.417 e. The van der Waals surface area contributed by atoms with Crippen molar-refractivity contribution in [3.63, 3.8) is 0 Å². The summed E-state index contributed by atoms with van der Waals surface area (Å²) in [5.74, 6) is 0.457. The fraction of sp³-hybridized carbons (Fsp3) is 0.545. The van der Waals surface area contributed by atoms with Crippen LogP contribution in [0.25, 0.3) is 0 Å². The molecule has 2 atom stereocenters. The van der Waals surface area contributed by atoms with E-state index in [4.69, 9.17) is 11.6 Å². The first kappa shape index (κ1) is 12.0. The van der Waals surface area contributed by atoms with Crippen LogP contribution in [0.2, 0.25) is 5.02 Å². The first-order valence-corrected chi connectivity index (χ1v) is 6.05. The van der Waals surface area contributed by atoms with E-state index in [0.717, 1.165) is 31.8 Å². The molecule has 0 spiro atoms. The minimum absolute atomic E-state index is 0.0670. The van der Waals surface area contributed by atoms with Gasteiger partial charge in [-0.15, -0.1) is 0 Å². The maximum atomic E-state index is 12.5. The quantitative estimate of drug-likeness (QED) is 0.854. The van der Waals surface area contributed by atoms with Crippen LogP contribution in [0.3, 0.4) is 0 Å². The molecule has 3 nitrogen and oxygen atoms in total. The number of nitrogens with zero attached hydrogens (tertiary/aromatic N) is 2. The highest BCUT2D eigenvalue weighted by Crippen LogP contribution is 2.36. The van der Waals surface area contributed by atoms with Gasteiger partial charge in [0.2, 0.25) is 0 Å². The van der Waals surface area contributed by atoms with Crippen molar-refractivity contribution in [2.45, 2.75) is 24.7 Å². The van der Waals surface area contributed by atoms with Crippen LogP contribution in [0.1, 0.15) is 12.0 Å².